The van der Waals surface area contributed by atoms with Crippen molar-refractivity contribution in [3.63, 3.8) is 0 Å². The van der Waals surface area contributed by atoms with Crippen molar-refractivity contribution in [2.75, 3.05) is 0 Å². The van der Waals surface area contributed by atoms with Crippen LogP contribution >= 0.6 is 0 Å². The van der Waals surface area contributed by atoms with Crippen LogP contribution in [0.2, 0.25) is 0 Å². The summed E-state index contributed by atoms with van der Waals surface area (Å²) in [5.74, 6) is -1.63. The Balaban J connectivity index is 2.97. The Bertz CT molecular complexity index is 481. The summed E-state index contributed by atoms with van der Waals surface area (Å²) in [6.07, 6.45) is -1.65. The molecule has 1 aliphatic rings. The average molecular weight is 304 g/mol. The van der Waals surface area contributed by atoms with E-state index in [1.165, 1.54) is 0 Å². The Labute approximate surface area is 106 Å². The first-order valence-corrected chi connectivity index (χ1v) is 6.51. The summed E-state index contributed by atoms with van der Waals surface area (Å²) in [6, 6.07) is 0. The standard InChI is InChI=1S/C9H11F3O6S/c1-5(13)17-8-6(14)3-2-4-7(8)18-19(15,16)9(10,11)12/h4,6,8,14H,2-3H2,1H3/t6-,8+/m1/s1. The number of ether oxygens (including phenoxy) is 1. The number of halogens is 3. The van der Waals surface area contributed by atoms with Crippen molar-refractivity contribution < 1.29 is 40.4 Å². The first-order chi connectivity index (χ1) is 8.54. The lowest BCUT2D eigenvalue weighted by atomic mass is 10.00. The molecule has 6 nitrogen and oxygen atoms in total. The van der Waals surface area contributed by atoms with Gasteiger partial charge in [-0.05, 0) is 18.9 Å². The molecule has 0 aromatic heterocycles. The van der Waals surface area contributed by atoms with Crippen LogP contribution in [0.4, 0.5) is 13.2 Å². The van der Waals surface area contributed by atoms with Gasteiger partial charge in [-0.2, -0.15) is 21.6 Å². The van der Waals surface area contributed by atoms with Gasteiger partial charge in [-0.15, -0.1) is 0 Å². The van der Waals surface area contributed by atoms with Gasteiger partial charge in [0.15, 0.2) is 11.9 Å². The maximum Gasteiger partial charge on any atom is 0.534 e. The fourth-order valence-electron chi connectivity index (χ4n) is 1.42. The maximum absolute atomic E-state index is 12.2. The maximum atomic E-state index is 12.2. The van der Waals surface area contributed by atoms with E-state index >= 15 is 0 Å². The zero-order chi connectivity index (χ0) is 14.8. The van der Waals surface area contributed by atoms with Gasteiger partial charge in [0, 0.05) is 6.92 Å². The number of allylic oxidation sites excluding steroid dienone is 1. The quantitative estimate of drug-likeness (QED) is 0.472. The third-order valence-electron chi connectivity index (χ3n) is 2.22. The van der Waals surface area contributed by atoms with E-state index in [9.17, 15) is 31.5 Å². The van der Waals surface area contributed by atoms with E-state index < -0.39 is 39.6 Å². The van der Waals surface area contributed by atoms with Gasteiger partial charge in [0.25, 0.3) is 0 Å². The molecule has 1 rings (SSSR count). The Morgan fingerprint density at radius 1 is 1.47 bits per heavy atom. The van der Waals surface area contributed by atoms with E-state index in [0.717, 1.165) is 13.0 Å². The highest BCUT2D eigenvalue weighted by atomic mass is 32.2. The van der Waals surface area contributed by atoms with Crippen LogP contribution in [-0.4, -0.2) is 37.2 Å². The number of rotatable bonds is 3. The summed E-state index contributed by atoms with van der Waals surface area (Å²) < 4.78 is 66.6. The van der Waals surface area contributed by atoms with E-state index in [1.54, 1.807) is 0 Å². The molecule has 0 aliphatic heterocycles. The summed E-state index contributed by atoms with van der Waals surface area (Å²) in [7, 11) is -5.86. The van der Waals surface area contributed by atoms with Gasteiger partial charge in [-0.25, -0.2) is 0 Å². The Kier molecular flexibility index (Phi) is 4.46. The zero-order valence-corrected chi connectivity index (χ0v) is 10.5. The number of hydrogen-bond acceptors (Lipinski definition) is 6. The highest BCUT2D eigenvalue weighted by Gasteiger charge is 2.50. The number of esters is 1. The van der Waals surface area contributed by atoms with Gasteiger partial charge in [-0.1, -0.05) is 0 Å². The van der Waals surface area contributed by atoms with Crippen molar-refractivity contribution >= 4 is 16.1 Å². The molecule has 0 aromatic carbocycles. The Hall–Kier alpha value is -1.29. The smallest absolute Gasteiger partial charge is 0.452 e. The van der Waals surface area contributed by atoms with E-state index in [4.69, 9.17) is 0 Å². The summed E-state index contributed by atoms with van der Waals surface area (Å²) in [5, 5.41) is 9.51. The fourth-order valence-corrected chi connectivity index (χ4v) is 1.94. The van der Waals surface area contributed by atoms with Gasteiger partial charge in [0.2, 0.25) is 0 Å². The summed E-state index contributed by atoms with van der Waals surface area (Å²) in [4.78, 5) is 10.8. The van der Waals surface area contributed by atoms with Gasteiger partial charge in [0.1, 0.15) is 0 Å². The second-order valence-electron chi connectivity index (χ2n) is 3.76. The largest absolute Gasteiger partial charge is 0.534 e. The zero-order valence-electron chi connectivity index (χ0n) is 9.68. The van der Waals surface area contributed by atoms with Crippen molar-refractivity contribution in [1.82, 2.24) is 0 Å². The van der Waals surface area contributed by atoms with Gasteiger partial charge >= 0.3 is 21.6 Å². The fraction of sp³-hybridized carbons (Fsp3) is 0.667. The first kappa shape index (κ1) is 15.8. The molecule has 110 valence electrons. The molecule has 10 heteroatoms. The summed E-state index contributed by atoms with van der Waals surface area (Å²) >= 11 is 0. The van der Waals surface area contributed by atoms with Gasteiger partial charge < -0.3 is 14.0 Å². The van der Waals surface area contributed by atoms with Crippen molar-refractivity contribution in [2.24, 2.45) is 0 Å². The number of alkyl halides is 3. The molecule has 0 aromatic rings. The number of aliphatic hydroxyl groups excluding tert-OH is 1. The molecule has 0 fully saturated rings. The molecule has 0 bridgehead atoms. The van der Waals surface area contributed by atoms with Crippen molar-refractivity contribution in [3.05, 3.63) is 11.8 Å². The minimum absolute atomic E-state index is 0.0989. The molecular formula is C9H11F3O6S. The number of aliphatic hydroxyl groups is 1. The monoisotopic (exact) mass is 304 g/mol. The van der Waals surface area contributed by atoms with Gasteiger partial charge in [0.05, 0.1) is 6.10 Å². The first-order valence-electron chi connectivity index (χ1n) is 5.10. The average Bonchev–Trinajstić information content (AvgIpc) is 2.20. The summed E-state index contributed by atoms with van der Waals surface area (Å²) in [5.41, 5.74) is -5.60. The Morgan fingerprint density at radius 3 is 2.53 bits per heavy atom. The molecule has 1 aliphatic carbocycles. The third kappa shape index (κ3) is 3.83. The lowest BCUT2D eigenvalue weighted by Gasteiger charge is -2.27. The lowest BCUT2D eigenvalue weighted by molar-refractivity contribution is -0.152. The normalized spacial score (nSPS) is 24.6. The highest BCUT2D eigenvalue weighted by Crippen LogP contribution is 2.31. The minimum Gasteiger partial charge on any atom is -0.452 e. The molecule has 0 radical (unpaired) electrons. The van der Waals surface area contributed by atoms with E-state index in [-0.39, 0.29) is 12.8 Å². The molecule has 0 amide bonds. The molecule has 0 spiro atoms. The molecular weight excluding hydrogens is 293 g/mol. The van der Waals surface area contributed by atoms with Crippen molar-refractivity contribution in [3.8, 4) is 0 Å². The highest BCUT2D eigenvalue weighted by molar-refractivity contribution is 7.87. The van der Waals surface area contributed by atoms with Crippen LogP contribution in [0.5, 0.6) is 0 Å². The van der Waals surface area contributed by atoms with Crippen molar-refractivity contribution in [2.45, 2.75) is 37.5 Å². The Morgan fingerprint density at radius 2 is 2.05 bits per heavy atom. The predicted octanol–water partition coefficient (Wildman–Crippen LogP) is 0.823. The van der Waals surface area contributed by atoms with E-state index in [1.807, 2.05) is 0 Å². The third-order valence-corrected chi connectivity index (χ3v) is 3.20. The molecule has 0 saturated carbocycles. The van der Waals surface area contributed by atoms with E-state index in [2.05, 4.69) is 8.92 Å². The molecule has 0 unspecified atom stereocenters. The molecule has 2 atom stereocenters. The van der Waals surface area contributed by atoms with Gasteiger partial charge in [-0.3, -0.25) is 4.79 Å². The predicted molar refractivity (Wildman–Crippen MR) is 54.9 cm³/mol. The molecule has 0 saturated heterocycles. The SMILES string of the molecule is CC(=O)O[C@@H]1C(OS(=O)(=O)C(F)(F)F)=CCC[C@H]1O. The number of carbonyl (C=O) groups excluding carboxylic acids is 1. The van der Waals surface area contributed by atoms with E-state index in [0.29, 0.717) is 0 Å². The molecule has 1 N–H and O–H groups in total. The van der Waals surface area contributed by atoms with Crippen LogP contribution in [-0.2, 0) is 23.8 Å². The summed E-state index contributed by atoms with van der Waals surface area (Å²) in [6.45, 7) is 0.969. The topological polar surface area (TPSA) is 89.9 Å². The lowest BCUT2D eigenvalue weighted by Crippen LogP contribution is -2.38. The van der Waals surface area contributed by atoms with Crippen LogP contribution in [0.1, 0.15) is 19.8 Å². The van der Waals surface area contributed by atoms with Crippen molar-refractivity contribution in [1.29, 1.82) is 0 Å². The number of carbonyl (C=O) groups is 1. The molecule has 19 heavy (non-hydrogen) atoms. The van der Waals surface area contributed by atoms with Crippen LogP contribution < -0.4 is 0 Å². The van der Waals surface area contributed by atoms with Crippen LogP contribution in [0, 0.1) is 0 Å². The molecule has 0 heterocycles. The van der Waals surface area contributed by atoms with Crippen LogP contribution in [0.25, 0.3) is 0 Å². The number of hydrogen-bond donors (Lipinski definition) is 1. The second-order valence-corrected chi connectivity index (χ2v) is 5.30. The minimum atomic E-state index is -5.86. The van der Waals surface area contributed by atoms with Crippen LogP contribution in [0.15, 0.2) is 11.8 Å². The second kappa shape index (κ2) is 5.37. The van der Waals surface area contributed by atoms with Crippen LogP contribution in [0.3, 0.4) is 0 Å².